The molecule has 2 atom stereocenters. The highest BCUT2D eigenvalue weighted by Gasteiger charge is 2.39. The molecule has 3 nitrogen and oxygen atoms in total. The third kappa shape index (κ3) is 2.46. The van der Waals surface area contributed by atoms with E-state index < -0.39 is 5.54 Å². The number of nitrogens with zero attached hydrogens (tertiary/aromatic N) is 2. The van der Waals surface area contributed by atoms with Gasteiger partial charge in [0.2, 0.25) is 0 Å². The molecule has 0 spiro atoms. The molecule has 80 valence electrons. The normalized spacial score (nSPS) is 32.1. The van der Waals surface area contributed by atoms with Crippen molar-refractivity contribution in [1.29, 1.82) is 5.26 Å². The molecular formula is C11H21N3. The van der Waals surface area contributed by atoms with E-state index in [1.165, 1.54) is 0 Å². The van der Waals surface area contributed by atoms with Gasteiger partial charge in [-0.2, -0.15) is 5.26 Å². The third-order valence-corrected chi connectivity index (χ3v) is 3.48. The Morgan fingerprint density at radius 1 is 1.64 bits per heavy atom. The molecule has 0 radical (unpaired) electrons. The maximum Gasteiger partial charge on any atom is 0.107 e. The summed E-state index contributed by atoms with van der Waals surface area (Å²) in [5, 5.41) is 9.03. The fourth-order valence-electron chi connectivity index (χ4n) is 2.19. The molecule has 14 heavy (non-hydrogen) atoms. The summed E-state index contributed by atoms with van der Waals surface area (Å²) in [5.74, 6) is 0.404. The van der Waals surface area contributed by atoms with Gasteiger partial charge in [0.1, 0.15) is 5.54 Å². The SMILES string of the molecule is CCN(C)CCC1CCCC1(N)C#N. The third-order valence-electron chi connectivity index (χ3n) is 3.48. The summed E-state index contributed by atoms with van der Waals surface area (Å²) in [4.78, 5) is 2.27. The van der Waals surface area contributed by atoms with E-state index in [2.05, 4.69) is 24.9 Å². The molecule has 0 heterocycles. The molecule has 1 rings (SSSR count). The zero-order chi connectivity index (χ0) is 10.6. The highest BCUT2D eigenvalue weighted by Crippen LogP contribution is 2.35. The van der Waals surface area contributed by atoms with Crippen molar-refractivity contribution in [3.05, 3.63) is 0 Å². The standard InChI is InChI=1S/C11H21N3/c1-3-14(2)8-6-10-5-4-7-11(10,13)9-12/h10H,3-8,13H2,1-2H3. The number of nitrogens with two attached hydrogens (primary N) is 1. The molecule has 1 saturated carbocycles. The van der Waals surface area contributed by atoms with E-state index in [4.69, 9.17) is 11.0 Å². The van der Waals surface area contributed by atoms with E-state index in [1.54, 1.807) is 0 Å². The smallest absolute Gasteiger partial charge is 0.107 e. The maximum atomic E-state index is 9.03. The Morgan fingerprint density at radius 3 is 2.93 bits per heavy atom. The van der Waals surface area contributed by atoms with Gasteiger partial charge in [0.25, 0.3) is 0 Å². The molecule has 0 bridgehead atoms. The van der Waals surface area contributed by atoms with E-state index in [0.29, 0.717) is 5.92 Å². The molecule has 3 heteroatoms. The number of rotatable bonds is 4. The van der Waals surface area contributed by atoms with Crippen molar-refractivity contribution >= 4 is 0 Å². The Labute approximate surface area is 86.9 Å². The largest absolute Gasteiger partial charge is 0.313 e. The molecule has 1 aliphatic carbocycles. The van der Waals surface area contributed by atoms with Crippen LogP contribution in [-0.2, 0) is 0 Å². The molecule has 0 aromatic carbocycles. The highest BCUT2D eigenvalue weighted by atomic mass is 15.1. The molecule has 0 aromatic rings. The van der Waals surface area contributed by atoms with Gasteiger partial charge in [-0.1, -0.05) is 13.3 Å². The fraction of sp³-hybridized carbons (Fsp3) is 0.909. The van der Waals surface area contributed by atoms with Crippen LogP contribution < -0.4 is 5.73 Å². The minimum Gasteiger partial charge on any atom is -0.313 e. The van der Waals surface area contributed by atoms with E-state index >= 15 is 0 Å². The molecule has 0 amide bonds. The number of hydrogen-bond donors (Lipinski definition) is 1. The van der Waals surface area contributed by atoms with Crippen LogP contribution in [0.3, 0.4) is 0 Å². The van der Waals surface area contributed by atoms with Gasteiger partial charge >= 0.3 is 0 Å². The Bertz CT molecular complexity index is 221. The van der Waals surface area contributed by atoms with Crippen molar-refractivity contribution in [2.24, 2.45) is 11.7 Å². The molecule has 1 aliphatic rings. The van der Waals surface area contributed by atoms with Crippen molar-refractivity contribution in [2.75, 3.05) is 20.1 Å². The topological polar surface area (TPSA) is 53.0 Å². The molecule has 2 N–H and O–H groups in total. The Morgan fingerprint density at radius 2 is 2.36 bits per heavy atom. The van der Waals surface area contributed by atoms with Gasteiger partial charge in [-0.3, -0.25) is 0 Å². The van der Waals surface area contributed by atoms with E-state index in [-0.39, 0.29) is 0 Å². The second kappa shape index (κ2) is 4.77. The number of hydrogen-bond acceptors (Lipinski definition) is 3. The van der Waals surface area contributed by atoms with Crippen LogP contribution in [-0.4, -0.2) is 30.6 Å². The van der Waals surface area contributed by atoms with Gasteiger partial charge in [-0.05, 0) is 45.3 Å². The first kappa shape index (κ1) is 11.5. The maximum absolute atomic E-state index is 9.03. The summed E-state index contributed by atoms with van der Waals surface area (Å²) in [6.45, 7) is 4.27. The Hall–Kier alpha value is -0.590. The zero-order valence-corrected chi connectivity index (χ0v) is 9.29. The summed E-state index contributed by atoms with van der Waals surface area (Å²) in [5.41, 5.74) is 5.52. The predicted molar refractivity (Wildman–Crippen MR) is 57.7 cm³/mol. The van der Waals surface area contributed by atoms with Crippen LogP contribution in [0.15, 0.2) is 0 Å². The fourth-order valence-corrected chi connectivity index (χ4v) is 2.19. The minimum absolute atomic E-state index is 0.404. The van der Waals surface area contributed by atoms with Gasteiger partial charge in [0, 0.05) is 0 Å². The minimum atomic E-state index is -0.533. The molecule has 1 fully saturated rings. The highest BCUT2D eigenvalue weighted by molar-refractivity contribution is 5.11. The molecule has 2 unspecified atom stereocenters. The summed E-state index contributed by atoms with van der Waals surface area (Å²) >= 11 is 0. The monoisotopic (exact) mass is 195 g/mol. The van der Waals surface area contributed by atoms with Gasteiger partial charge in [0.05, 0.1) is 6.07 Å². The van der Waals surface area contributed by atoms with E-state index in [0.717, 1.165) is 38.8 Å². The summed E-state index contributed by atoms with van der Waals surface area (Å²) in [6.07, 6.45) is 4.19. The van der Waals surface area contributed by atoms with Gasteiger partial charge in [0.15, 0.2) is 0 Å². The van der Waals surface area contributed by atoms with Crippen molar-refractivity contribution in [3.8, 4) is 6.07 Å². The first-order chi connectivity index (χ1) is 6.62. The van der Waals surface area contributed by atoms with Crippen LogP contribution >= 0.6 is 0 Å². The van der Waals surface area contributed by atoms with Crippen LogP contribution in [0.25, 0.3) is 0 Å². The van der Waals surface area contributed by atoms with Crippen molar-refractivity contribution in [1.82, 2.24) is 4.90 Å². The summed E-state index contributed by atoms with van der Waals surface area (Å²) < 4.78 is 0. The lowest BCUT2D eigenvalue weighted by atomic mass is 9.87. The van der Waals surface area contributed by atoms with E-state index in [9.17, 15) is 0 Å². The van der Waals surface area contributed by atoms with Crippen LogP contribution in [0, 0.1) is 17.2 Å². The van der Waals surface area contributed by atoms with Gasteiger partial charge < -0.3 is 10.6 Å². The lowest BCUT2D eigenvalue weighted by Crippen LogP contribution is -2.42. The Balaban J connectivity index is 2.41. The first-order valence-electron chi connectivity index (χ1n) is 5.51. The van der Waals surface area contributed by atoms with Crippen LogP contribution in [0.4, 0.5) is 0 Å². The van der Waals surface area contributed by atoms with Crippen molar-refractivity contribution < 1.29 is 0 Å². The lowest BCUT2D eigenvalue weighted by Gasteiger charge is -2.25. The van der Waals surface area contributed by atoms with E-state index in [1.807, 2.05) is 0 Å². The average Bonchev–Trinajstić information content (AvgIpc) is 2.57. The molecule has 0 aliphatic heterocycles. The van der Waals surface area contributed by atoms with Crippen LogP contribution in [0.5, 0.6) is 0 Å². The summed E-state index contributed by atoms with van der Waals surface area (Å²) in [6, 6.07) is 2.29. The first-order valence-corrected chi connectivity index (χ1v) is 5.51. The zero-order valence-electron chi connectivity index (χ0n) is 9.29. The number of nitriles is 1. The second-order valence-electron chi connectivity index (χ2n) is 4.43. The second-order valence-corrected chi connectivity index (χ2v) is 4.43. The summed E-state index contributed by atoms with van der Waals surface area (Å²) in [7, 11) is 2.11. The van der Waals surface area contributed by atoms with Crippen LogP contribution in [0.1, 0.15) is 32.6 Å². The molecule has 0 saturated heterocycles. The molecule has 0 aromatic heterocycles. The predicted octanol–water partition coefficient (Wildman–Crippen LogP) is 1.35. The average molecular weight is 195 g/mol. The Kier molecular flexibility index (Phi) is 3.91. The van der Waals surface area contributed by atoms with Gasteiger partial charge in [-0.15, -0.1) is 0 Å². The van der Waals surface area contributed by atoms with Crippen molar-refractivity contribution in [3.63, 3.8) is 0 Å². The quantitative estimate of drug-likeness (QED) is 0.736. The lowest BCUT2D eigenvalue weighted by molar-refractivity contribution is 0.284. The van der Waals surface area contributed by atoms with Crippen LogP contribution in [0.2, 0.25) is 0 Å². The van der Waals surface area contributed by atoms with Crippen molar-refractivity contribution in [2.45, 2.75) is 38.1 Å². The molecular weight excluding hydrogens is 174 g/mol. The van der Waals surface area contributed by atoms with Gasteiger partial charge in [-0.25, -0.2) is 0 Å².